The second kappa shape index (κ2) is 6.35. The van der Waals surface area contributed by atoms with Gasteiger partial charge in [0, 0.05) is 34.9 Å². The van der Waals surface area contributed by atoms with E-state index in [1.54, 1.807) is 11.3 Å². The van der Waals surface area contributed by atoms with Crippen LogP contribution in [-0.2, 0) is 0 Å². The first kappa shape index (κ1) is 16.1. The highest BCUT2D eigenvalue weighted by atomic mass is 32.1. The molecule has 0 aliphatic heterocycles. The summed E-state index contributed by atoms with van der Waals surface area (Å²) in [6.07, 6.45) is 7.00. The van der Waals surface area contributed by atoms with Crippen molar-refractivity contribution in [2.24, 2.45) is 0 Å². The van der Waals surface area contributed by atoms with Crippen molar-refractivity contribution in [3.05, 3.63) is 72.1 Å². The predicted octanol–water partition coefficient (Wildman–Crippen LogP) is 5.29. The fourth-order valence-electron chi connectivity index (χ4n) is 3.67. The highest BCUT2D eigenvalue weighted by Gasteiger charge is 2.15. The molecule has 0 fully saturated rings. The second-order valence-electron chi connectivity index (χ2n) is 6.78. The second-order valence-corrected chi connectivity index (χ2v) is 7.56. The topological polar surface area (TPSA) is 83.1 Å². The molecular formula is C22H14N6S. The average Bonchev–Trinajstić information content (AvgIpc) is 3.52. The Morgan fingerprint density at radius 3 is 2.66 bits per heavy atom. The SMILES string of the molecule is c1ncc(-c2ccc3[nH]nc(-c4cc5c(-c6ccsc6)ccnc5[nH]4)c3c2)cn1. The molecule has 0 spiro atoms. The molecule has 5 heterocycles. The smallest absolute Gasteiger partial charge is 0.138 e. The van der Waals surface area contributed by atoms with Crippen molar-refractivity contribution in [1.82, 2.24) is 30.1 Å². The lowest BCUT2D eigenvalue weighted by atomic mass is 10.0. The van der Waals surface area contributed by atoms with E-state index in [-0.39, 0.29) is 0 Å². The highest BCUT2D eigenvalue weighted by Crippen LogP contribution is 2.34. The van der Waals surface area contributed by atoms with Crippen LogP contribution in [-0.4, -0.2) is 30.1 Å². The molecule has 0 amide bonds. The van der Waals surface area contributed by atoms with Crippen LogP contribution in [0.4, 0.5) is 0 Å². The summed E-state index contributed by atoms with van der Waals surface area (Å²) in [7, 11) is 0. The number of rotatable bonds is 3. The quantitative estimate of drug-likeness (QED) is 0.427. The molecule has 6 nitrogen and oxygen atoms in total. The van der Waals surface area contributed by atoms with Crippen LogP contribution < -0.4 is 0 Å². The number of hydrogen-bond acceptors (Lipinski definition) is 5. The molecule has 6 rings (SSSR count). The molecule has 0 aliphatic carbocycles. The van der Waals surface area contributed by atoms with E-state index in [1.807, 2.05) is 30.7 Å². The number of thiophene rings is 1. The zero-order valence-electron chi connectivity index (χ0n) is 15.1. The summed E-state index contributed by atoms with van der Waals surface area (Å²) in [6.45, 7) is 0. The maximum atomic E-state index is 4.57. The third kappa shape index (κ3) is 2.63. The van der Waals surface area contributed by atoms with Crippen molar-refractivity contribution in [1.29, 1.82) is 0 Å². The molecule has 0 aliphatic rings. The van der Waals surface area contributed by atoms with Crippen molar-refractivity contribution in [2.75, 3.05) is 0 Å². The van der Waals surface area contributed by atoms with E-state index in [2.05, 4.69) is 65.2 Å². The van der Waals surface area contributed by atoms with E-state index in [9.17, 15) is 0 Å². The minimum absolute atomic E-state index is 0.854. The fourth-order valence-corrected chi connectivity index (χ4v) is 4.33. The van der Waals surface area contributed by atoms with Crippen LogP contribution in [0.25, 0.3) is 55.6 Å². The normalized spacial score (nSPS) is 11.4. The number of nitrogens with one attached hydrogen (secondary N) is 2. The van der Waals surface area contributed by atoms with Crippen LogP contribution >= 0.6 is 11.3 Å². The number of hydrogen-bond donors (Lipinski definition) is 2. The Labute approximate surface area is 169 Å². The Morgan fingerprint density at radius 1 is 0.862 bits per heavy atom. The molecule has 7 heteroatoms. The van der Waals surface area contributed by atoms with Crippen molar-refractivity contribution >= 4 is 33.3 Å². The van der Waals surface area contributed by atoms with Gasteiger partial charge in [0.05, 0.1) is 11.2 Å². The maximum absolute atomic E-state index is 4.57. The van der Waals surface area contributed by atoms with E-state index >= 15 is 0 Å². The first-order valence-electron chi connectivity index (χ1n) is 9.11. The number of pyridine rings is 1. The molecule has 1 aromatic carbocycles. The van der Waals surface area contributed by atoms with Gasteiger partial charge >= 0.3 is 0 Å². The molecule has 0 unspecified atom stereocenters. The summed E-state index contributed by atoms with van der Waals surface area (Å²) >= 11 is 1.69. The predicted molar refractivity (Wildman–Crippen MR) is 116 cm³/mol. The minimum atomic E-state index is 0.854. The molecule has 2 N–H and O–H groups in total. The fraction of sp³-hybridized carbons (Fsp3) is 0. The Kier molecular flexibility index (Phi) is 3.54. The van der Waals surface area contributed by atoms with Gasteiger partial charge in [-0.15, -0.1) is 0 Å². The van der Waals surface area contributed by atoms with E-state index in [4.69, 9.17) is 0 Å². The largest absolute Gasteiger partial charge is 0.338 e. The lowest BCUT2D eigenvalue weighted by Gasteiger charge is -2.01. The van der Waals surface area contributed by atoms with Crippen molar-refractivity contribution in [3.8, 4) is 33.6 Å². The van der Waals surface area contributed by atoms with Crippen LogP contribution in [0.5, 0.6) is 0 Å². The van der Waals surface area contributed by atoms with E-state index < -0.39 is 0 Å². The zero-order chi connectivity index (χ0) is 19.2. The number of aromatic amines is 2. The molecular weight excluding hydrogens is 380 g/mol. The minimum Gasteiger partial charge on any atom is -0.338 e. The summed E-state index contributed by atoms with van der Waals surface area (Å²) in [6, 6.07) is 12.5. The average molecular weight is 394 g/mol. The van der Waals surface area contributed by atoms with Gasteiger partial charge in [0.1, 0.15) is 17.7 Å². The summed E-state index contributed by atoms with van der Waals surface area (Å²) in [5, 5.41) is 14.1. The molecule has 5 aromatic heterocycles. The van der Waals surface area contributed by atoms with Gasteiger partial charge in [0.15, 0.2) is 0 Å². The first-order valence-corrected chi connectivity index (χ1v) is 10.1. The van der Waals surface area contributed by atoms with Gasteiger partial charge < -0.3 is 4.98 Å². The summed E-state index contributed by atoms with van der Waals surface area (Å²) < 4.78 is 0. The molecule has 0 saturated carbocycles. The number of nitrogens with zero attached hydrogens (tertiary/aromatic N) is 4. The molecule has 0 bridgehead atoms. The Balaban J connectivity index is 1.53. The van der Waals surface area contributed by atoms with Crippen molar-refractivity contribution < 1.29 is 0 Å². The van der Waals surface area contributed by atoms with E-state index in [0.29, 0.717) is 0 Å². The lowest BCUT2D eigenvalue weighted by Crippen LogP contribution is -1.83. The Morgan fingerprint density at radius 2 is 1.79 bits per heavy atom. The summed E-state index contributed by atoms with van der Waals surface area (Å²) in [5.74, 6) is 0. The first-order chi connectivity index (χ1) is 14.4. The van der Waals surface area contributed by atoms with Crippen LogP contribution in [0.2, 0.25) is 0 Å². The van der Waals surface area contributed by atoms with Crippen LogP contribution in [0.3, 0.4) is 0 Å². The highest BCUT2D eigenvalue weighted by molar-refractivity contribution is 7.08. The van der Waals surface area contributed by atoms with Gasteiger partial charge in [-0.05, 0) is 57.8 Å². The van der Waals surface area contributed by atoms with Gasteiger partial charge in [0.25, 0.3) is 0 Å². The van der Waals surface area contributed by atoms with E-state index in [1.165, 1.54) is 17.5 Å². The third-order valence-electron chi connectivity index (χ3n) is 5.08. The van der Waals surface area contributed by atoms with Crippen LogP contribution in [0.15, 0.2) is 72.1 Å². The van der Waals surface area contributed by atoms with Gasteiger partial charge in [-0.25, -0.2) is 15.0 Å². The van der Waals surface area contributed by atoms with Gasteiger partial charge in [-0.3, -0.25) is 5.10 Å². The van der Waals surface area contributed by atoms with Gasteiger partial charge in [-0.2, -0.15) is 16.4 Å². The Bertz CT molecular complexity index is 1450. The van der Waals surface area contributed by atoms with Crippen molar-refractivity contribution in [2.45, 2.75) is 0 Å². The van der Waals surface area contributed by atoms with Crippen LogP contribution in [0.1, 0.15) is 0 Å². The van der Waals surface area contributed by atoms with Crippen molar-refractivity contribution in [3.63, 3.8) is 0 Å². The molecule has 0 radical (unpaired) electrons. The zero-order valence-corrected chi connectivity index (χ0v) is 15.9. The number of fused-ring (bicyclic) bond motifs is 2. The molecule has 138 valence electrons. The van der Waals surface area contributed by atoms with Gasteiger partial charge in [0.2, 0.25) is 0 Å². The summed E-state index contributed by atoms with van der Waals surface area (Å²) in [4.78, 5) is 16.2. The number of H-pyrrole nitrogens is 2. The lowest BCUT2D eigenvalue weighted by molar-refractivity contribution is 1.12. The van der Waals surface area contributed by atoms with Gasteiger partial charge in [-0.1, -0.05) is 6.07 Å². The molecule has 6 aromatic rings. The standard InChI is InChI=1S/C22H14N6S/c1-2-19-18(7-13(1)15-9-23-12-24-10-15)21(28-27-19)20-8-17-16(14-4-6-29-11-14)3-5-25-22(17)26-20/h1-12H,(H,25,26)(H,27,28). The van der Waals surface area contributed by atoms with Crippen LogP contribution in [0, 0.1) is 0 Å². The number of aromatic nitrogens is 6. The summed E-state index contributed by atoms with van der Waals surface area (Å²) in [5.41, 5.74) is 8.02. The Hall–Kier alpha value is -3.84. The third-order valence-corrected chi connectivity index (χ3v) is 5.76. The number of benzene rings is 1. The monoisotopic (exact) mass is 394 g/mol. The molecule has 0 saturated heterocycles. The molecule has 29 heavy (non-hydrogen) atoms. The molecule has 0 atom stereocenters. The maximum Gasteiger partial charge on any atom is 0.138 e. The van der Waals surface area contributed by atoms with E-state index in [0.717, 1.165) is 44.5 Å².